The zero-order valence-electron chi connectivity index (χ0n) is 16.4. The maximum absolute atomic E-state index is 12.9. The van der Waals surface area contributed by atoms with Crippen LogP contribution in [0.15, 0.2) is 54.6 Å². The lowest BCUT2D eigenvalue weighted by molar-refractivity contribution is 0.0778. The third-order valence-electron chi connectivity index (χ3n) is 5.01. The van der Waals surface area contributed by atoms with Crippen molar-refractivity contribution in [3.8, 4) is 5.75 Å². The van der Waals surface area contributed by atoms with Crippen molar-refractivity contribution in [2.75, 3.05) is 25.5 Å². The van der Waals surface area contributed by atoms with Crippen LogP contribution in [0.25, 0.3) is 10.9 Å². The fourth-order valence-electron chi connectivity index (χ4n) is 3.45. The van der Waals surface area contributed by atoms with Crippen molar-refractivity contribution >= 4 is 28.3 Å². The van der Waals surface area contributed by atoms with Gasteiger partial charge in [0.25, 0.3) is 5.91 Å². The monoisotopic (exact) mass is 391 g/mol. The van der Waals surface area contributed by atoms with E-state index in [1.54, 1.807) is 13.2 Å². The molecule has 29 heavy (non-hydrogen) atoms. The summed E-state index contributed by atoms with van der Waals surface area (Å²) in [5.74, 6) is 1.20. The van der Waals surface area contributed by atoms with Crippen LogP contribution >= 0.6 is 0 Å². The summed E-state index contributed by atoms with van der Waals surface area (Å²) in [6, 6.07) is 17.0. The van der Waals surface area contributed by atoms with Crippen molar-refractivity contribution in [3.05, 3.63) is 60.2 Å². The van der Waals surface area contributed by atoms with Gasteiger partial charge in [0.05, 0.1) is 18.2 Å². The minimum absolute atomic E-state index is 0.188. The highest BCUT2D eigenvalue weighted by Gasteiger charge is 2.15. The van der Waals surface area contributed by atoms with Crippen molar-refractivity contribution < 1.29 is 9.53 Å². The molecule has 7 heteroatoms. The van der Waals surface area contributed by atoms with Crippen LogP contribution in [0.2, 0.25) is 0 Å². The van der Waals surface area contributed by atoms with Gasteiger partial charge in [0.2, 0.25) is 0 Å². The van der Waals surface area contributed by atoms with E-state index in [2.05, 4.69) is 21.3 Å². The number of ether oxygens (including phenoxy) is 1. The smallest absolute Gasteiger partial charge is 0.267 e. The molecule has 0 spiro atoms. The molecular formula is C22H25N5O2. The summed E-state index contributed by atoms with van der Waals surface area (Å²) in [5.41, 5.74) is 8.07. The summed E-state index contributed by atoms with van der Waals surface area (Å²) >= 11 is 0. The number of nitrogens with one attached hydrogen (secondary N) is 3. The number of carbonyl (C=O) groups excluding carboxylic acids is 1. The maximum Gasteiger partial charge on any atom is 0.267 e. The normalized spacial score (nSPS) is 14.5. The Bertz CT molecular complexity index is 984. The van der Waals surface area contributed by atoms with Gasteiger partial charge in [-0.15, -0.1) is 0 Å². The molecule has 0 atom stereocenters. The largest absolute Gasteiger partial charge is 0.497 e. The summed E-state index contributed by atoms with van der Waals surface area (Å²) < 4.78 is 5.20. The van der Waals surface area contributed by atoms with Crippen LogP contribution in [0.1, 0.15) is 29.6 Å². The van der Waals surface area contributed by atoms with Gasteiger partial charge in [-0.25, -0.2) is 9.99 Å². The molecule has 0 unspecified atom stereocenters. The van der Waals surface area contributed by atoms with Crippen LogP contribution in [0.4, 0.5) is 11.5 Å². The minimum Gasteiger partial charge on any atom is -0.497 e. The Morgan fingerprint density at radius 2 is 1.79 bits per heavy atom. The topological polar surface area (TPSA) is 78.5 Å². The number of amides is 1. The molecule has 7 nitrogen and oxygen atoms in total. The Labute approximate surface area is 170 Å². The molecule has 3 aromatic rings. The van der Waals surface area contributed by atoms with E-state index < -0.39 is 0 Å². The average molecular weight is 391 g/mol. The highest BCUT2D eigenvalue weighted by atomic mass is 16.5. The number of nitrogens with zero attached hydrogens (tertiary/aromatic N) is 2. The van der Waals surface area contributed by atoms with E-state index in [0.717, 1.165) is 48.3 Å². The van der Waals surface area contributed by atoms with E-state index in [-0.39, 0.29) is 5.91 Å². The van der Waals surface area contributed by atoms with Gasteiger partial charge in [0.15, 0.2) is 0 Å². The molecule has 3 N–H and O–H groups in total. The number of piperidine rings is 1. The summed E-state index contributed by atoms with van der Waals surface area (Å²) in [4.78, 5) is 17.6. The molecule has 1 aromatic heterocycles. The second-order valence-electron chi connectivity index (χ2n) is 7.04. The molecule has 150 valence electrons. The van der Waals surface area contributed by atoms with Crippen LogP contribution in [0, 0.1) is 0 Å². The lowest BCUT2D eigenvalue weighted by Crippen LogP contribution is -2.51. The number of carbonyl (C=O) groups is 1. The van der Waals surface area contributed by atoms with Crippen molar-refractivity contribution in [2.45, 2.75) is 19.3 Å². The van der Waals surface area contributed by atoms with E-state index in [1.165, 1.54) is 6.42 Å². The second kappa shape index (κ2) is 8.89. The lowest BCUT2D eigenvalue weighted by atomic mass is 10.1. The average Bonchev–Trinajstić information content (AvgIpc) is 2.78. The first-order valence-corrected chi connectivity index (χ1v) is 9.85. The number of benzene rings is 2. The van der Waals surface area contributed by atoms with E-state index in [1.807, 2.05) is 53.5 Å². The number of aromatic nitrogens is 1. The third kappa shape index (κ3) is 4.64. The Balaban J connectivity index is 1.57. The summed E-state index contributed by atoms with van der Waals surface area (Å²) in [6.45, 7) is 1.86. The van der Waals surface area contributed by atoms with E-state index >= 15 is 0 Å². The third-order valence-corrected chi connectivity index (χ3v) is 5.01. The number of anilines is 2. The fourth-order valence-corrected chi connectivity index (χ4v) is 3.45. The van der Waals surface area contributed by atoms with Crippen LogP contribution in [-0.4, -0.2) is 36.1 Å². The molecule has 1 fully saturated rings. The van der Waals surface area contributed by atoms with E-state index in [9.17, 15) is 4.79 Å². The number of fused-ring (bicyclic) bond motifs is 1. The number of para-hydroxylation sites is 1. The molecule has 1 aliphatic heterocycles. The maximum atomic E-state index is 12.9. The van der Waals surface area contributed by atoms with Gasteiger partial charge in [-0.1, -0.05) is 24.6 Å². The summed E-state index contributed by atoms with van der Waals surface area (Å²) in [6.07, 6.45) is 3.51. The fraction of sp³-hybridized carbons (Fsp3) is 0.273. The Kier molecular flexibility index (Phi) is 5.88. The molecule has 0 aliphatic carbocycles. The molecule has 4 rings (SSSR count). The highest BCUT2D eigenvalue weighted by Crippen LogP contribution is 2.24. The Hall–Kier alpha value is -3.16. The molecule has 1 amide bonds. The Morgan fingerprint density at radius 3 is 2.55 bits per heavy atom. The number of rotatable bonds is 6. The first-order valence-electron chi connectivity index (χ1n) is 9.85. The van der Waals surface area contributed by atoms with Gasteiger partial charge in [-0.05, 0) is 49.2 Å². The molecule has 0 radical (unpaired) electrons. The second-order valence-corrected chi connectivity index (χ2v) is 7.04. The summed E-state index contributed by atoms with van der Waals surface area (Å²) in [7, 11) is 1.64. The van der Waals surface area contributed by atoms with Crippen molar-refractivity contribution in [3.63, 3.8) is 0 Å². The highest BCUT2D eigenvalue weighted by molar-refractivity contribution is 6.06. The van der Waals surface area contributed by atoms with Crippen molar-refractivity contribution in [1.82, 2.24) is 21.0 Å². The van der Waals surface area contributed by atoms with E-state index in [0.29, 0.717) is 11.4 Å². The number of hydrazine groups is 2. The predicted octanol–water partition coefficient (Wildman–Crippen LogP) is 3.62. The first-order chi connectivity index (χ1) is 14.2. The molecule has 0 saturated carbocycles. The number of hydrogen-bond acceptors (Lipinski definition) is 6. The van der Waals surface area contributed by atoms with Gasteiger partial charge in [-0.2, -0.15) is 5.53 Å². The van der Waals surface area contributed by atoms with Gasteiger partial charge >= 0.3 is 0 Å². The van der Waals surface area contributed by atoms with Crippen molar-refractivity contribution in [2.24, 2.45) is 0 Å². The zero-order chi connectivity index (χ0) is 20.1. The van der Waals surface area contributed by atoms with Crippen molar-refractivity contribution in [1.29, 1.82) is 0 Å². The summed E-state index contributed by atoms with van der Waals surface area (Å²) in [5, 5.41) is 6.12. The van der Waals surface area contributed by atoms with Crippen LogP contribution in [0.3, 0.4) is 0 Å². The molecule has 1 aliphatic rings. The molecule has 1 saturated heterocycles. The van der Waals surface area contributed by atoms with Gasteiger partial charge in [0.1, 0.15) is 11.6 Å². The predicted molar refractivity (Wildman–Crippen MR) is 114 cm³/mol. The lowest BCUT2D eigenvalue weighted by Gasteiger charge is -2.27. The quantitative estimate of drug-likeness (QED) is 0.557. The SMILES string of the molecule is COc1ccc(Nc2cc(C(=O)NNN3CCCCC3)c3ccccc3n2)cc1. The molecular weight excluding hydrogens is 366 g/mol. The van der Waals surface area contributed by atoms with E-state index in [4.69, 9.17) is 4.74 Å². The van der Waals surface area contributed by atoms with Crippen LogP contribution < -0.4 is 21.0 Å². The zero-order valence-corrected chi connectivity index (χ0v) is 16.4. The van der Waals surface area contributed by atoms with Crippen LogP contribution in [-0.2, 0) is 0 Å². The standard InChI is InChI=1S/C22H25N5O2/c1-29-17-11-9-16(10-12-17)23-21-15-19(18-7-3-4-8-20(18)24-21)22(28)25-26-27-13-5-2-6-14-27/h3-4,7-12,15,26H,2,5-6,13-14H2,1H3,(H,23,24)(H,25,28). The molecule has 0 bridgehead atoms. The molecule has 2 aromatic carbocycles. The number of methoxy groups -OCH3 is 1. The number of hydrogen-bond donors (Lipinski definition) is 3. The first kappa shape index (κ1) is 19.2. The minimum atomic E-state index is -0.188. The van der Waals surface area contributed by atoms with Gasteiger partial charge in [0, 0.05) is 24.2 Å². The number of pyridine rings is 1. The van der Waals surface area contributed by atoms with Gasteiger partial charge in [-0.3, -0.25) is 10.2 Å². The van der Waals surface area contributed by atoms with Crippen LogP contribution in [0.5, 0.6) is 5.75 Å². The van der Waals surface area contributed by atoms with Gasteiger partial charge < -0.3 is 10.1 Å². The molecule has 2 heterocycles. The Morgan fingerprint density at radius 1 is 1.03 bits per heavy atom.